The van der Waals surface area contributed by atoms with Gasteiger partial charge >= 0.3 is 0 Å². The first-order chi connectivity index (χ1) is 16.2. The zero-order chi connectivity index (χ0) is 24.3. The number of nitrogens with one attached hydrogen (secondary N) is 2. The molecule has 9 heteroatoms. The predicted octanol–water partition coefficient (Wildman–Crippen LogP) is 3.70. The number of carbonyl (C=O) groups excluding carboxylic acids is 1. The molecule has 0 aliphatic carbocycles. The molecule has 8 nitrogen and oxygen atoms in total. The van der Waals surface area contributed by atoms with Gasteiger partial charge in [-0.1, -0.05) is 42.5 Å². The normalized spacial score (nSPS) is 11.4. The maximum Gasteiger partial charge on any atom is 0.253 e. The molecule has 1 aromatic heterocycles. The lowest BCUT2D eigenvalue weighted by Crippen LogP contribution is -2.24. The van der Waals surface area contributed by atoms with Crippen LogP contribution in [0, 0.1) is 6.92 Å². The summed E-state index contributed by atoms with van der Waals surface area (Å²) in [5.74, 6) is 1.08. The fraction of sp³-hybridized carbons (Fsp3) is 0.200. The Morgan fingerprint density at radius 2 is 1.76 bits per heavy atom. The zero-order valence-electron chi connectivity index (χ0n) is 19.2. The van der Waals surface area contributed by atoms with Crippen LogP contribution in [-0.4, -0.2) is 37.2 Å². The van der Waals surface area contributed by atoms with Gasteiger partial charge in [0, 0.05) is 13.1 Å². The number of benzene rings is 3. The number of methoxy groups -OCH3 is 1. The van der Waals surface area contributed by atoms with Crippen molar-refractivity contribution in [2.24, 2.45) is 0 Å². The molecule has 0 radical (unpaired) electrons. The van der Waals surface area contributed by atoms with E-state index in [0.717, 1.165) is 23.2 Å². The van der Waals surface area contributed by atoms with Gasteiger partial charge in [-0.15, -0.1) is 0 Å². The van der Waals surface area contributed by atoms with E-state index < -0.39 is 10.0 Å². The van der Waals surface area contributed by atoms with E-state index in [9.17, 15) is 13.2 Å². The summed E-state index contributed by atoms with van der Waals surface area (Å²) in [6.45, 7) is 2.68. The summed E-state index contributed by atoms with van der Waals surface area (Å²) in [5.41, 5.74) is 3.74. The minimum absolute atomic E-state index is 0.283. The van der Waals surface area contributed by atoms with E-state index in [1.807, 2.05) is 66.1 Å². The molecule has 1 heterocycles. The van der Waals surface area contributed by atoms with Crippen LogP contribution in [0.3, 0.4) is 0 Å². The first kappa shape index (κ1) is 23.3. The van der Waals surface area contributed by atoms with Crippen molar-refractivity contribution in [1.82, 2.24) is 14.9 Å². The highest BCUT2D eigenvalue weighted by Crippen LogP contribution is 2.27. The molecule has 0 saturated carbocycles. The number of anilines is 1. The molecule has 0 bridgehead atoms. The van der Waals surface area contributed by atoms with Crippen molar-refractivity contribution < 1.29 is 17.9 Å². The van der Waals surface area contributed by atoms with E-state index in [2.05, 4.69) is 15.0 Å². The van der Waals surface area contributed by atoms with Crippen LogP contribution in [0.25, 0.3) is 11.0 Å². The van der Waals surface area contributed by atoms with Gasteiger partial charge in [0.25, 0.3) is 5.91 Å². The Hall–Kier alpha value is -3.85. The number of rotatable bonds is 8. The standard InChI is InChI=1S/C25H26N4O4S/c1-17-27-23-14-20(28-34(3,31)32)13-22(24(23)29(17)16-18-8-5-4-6-9-18)25(30)26-15-19-10-7-11-21(12-19)33-2/h4-14,28H,15-16H2,1-3H3,(H,26,30). The van der Waals surface area contributed by atoms with Crippen LogP contribution in [0.2, 0.25) is 0 Å². The molecular formula is C25H26N4O4S. The number of nitrogens with zero attached hydrogens (tertiary/aromatic N) is 2. The fourth-order valence-electron chi connectivity index (χ4n) is 3.85. The summed E-state index contributed by atoms with van der Waals surface area (Å²) < 4.78 is 33.4. The van der Waals surface area contributed by atoms with Crippen LogP contribution in [0.1, 0.15) is 27.3 Å². The second-order valence-electron chi connectivity index (χ2n) is 8.03. The third-order valence-corrected chi connectivity index (χ3v) is 5.96. The van der Waals surface area contributed by atoms with Crippen molar-refractivity contribution in [2.75, 3.05) is 18.1 Å². The van der Waals surface area contributed by atoms with Crippen molar-refractivity contribution in [3.63, 3.8) is 0 Å². The Morgan fingerprint density at radius 3 is 2.47 bits per heavy atom. The van der Waals surface area contributed by atoms with E-state index in [4.69, 9.17) is 4.74 Å². The molecule has 0 atom stereocenters. The number of fused-ring (bicyclic) bond motifs is 1. The van der Waals surface area contributed by atoms with Crippen LogP contribution < -0.4 is 14.8 Å². The Morgan fingerprint density at radius 1 is 1.03 bits per heavy atom. The highest BCUT2D eigenvalue weighted by atomic mass is 32.2. The average Bonchev–Trinajstić information content (AvgIpc) is 3.11. The SMILES string of the molecule is COc1cccc(CNC(=O)c2cc(NS(C)(=O)=O)cc3nc(C)n(Cc4ccccc4)c23)c1. The summed E-state index contributed by atoms with van der Waals surface area (Å²) in [5, 5.41) is 2.94. The summed E-state index contributed by atoms with van der Waals surface area (Å²) in [7, 11) is -1.95. The molecule has 4 rings (SSSR count). The van der Waals surface area contributed by atoms with Gasteiger partial charge in [-0.25, -0.2) is 13.4 Å². The highest BCUT2D eigenvalue weighted by Gasteiger charge is 2.20. The molecular weight excluding hydrogens is 452 g/mol. The number of aryl methyl sites for hydroxylation is 1. The quantitative estimate of drug-likeness (QED) is 0.402. The molecule has 0 spiro atoms. The lowest BCUT2D eigenvalue weighted by molar-refractivity contribution is 0.0952. The number of ether oxygens (including phenoxy) is 1. The third kappa shape index (κ3) is 5.37. The third-order valence-electron chi connectivity index (χ3n) is 5.35. The smallest absolute Gasteiger partial charge is 0.253 e. The minimum atomic E-state index is -3.53. The van der Waals surface area contributed by atoms with Crippen LogP contribution in [-0.2, 0) is 23.1 Å². The van der Waals surface area contributed by atoms with Crippen molar-refractivity contribution in [2.45, 2.75) is 20.0 Å². The van der Waals surface area contributed by atoms with Crippen molar-refractivity contribution in [3.8, 4) is 5.75 Å². The second kappa shape index (κ2) is 9.56. The van der Waals surface area contributed by atoms with Crippen molar-refractivity contribution in [1.29, 1.82) is 0 Å². The Balaban J connectivity index is 1.75. The van der Waals surface area contributed by atoms with Gasteiger partial charge in [-0.3, -0.25) is 9.52 Å². The minimum Gasteiger partial charge on any atom is -0.497 e. The molecule has 34 heavy (non-hydrogen) atoms. The molecule has 2 N–H and O–H groups in total. The van der Waals surface area contributed by atoms with E-state index in [-0.39, 0.29) is 18.1 Å². The van der Waals surface area contributed by atoms with Crippen LogP contribution in [0.4, 0.5) is 5.69 Å². The Labute approximate surface area is 198 Å². The number of hydrogen-bond donors (Lipinski definition) is 2. The van der Waals surface area contributed by atoms with Crippen molar-refractivity contribution in [3.05, 3.63) is 89.2 Å². The topological polar surface area (TPSA) is 102 Å². The summed E-state index contributed by atoms with van der Waals surface area (Å²) in [6, 6.07) is 20.5. The lowest BCUT2D eigenvalue weighted by Gasteiger charge is -2.13. The average molecular weight is 479 g/mol. The molecule has 3 aromatic carbocycles. The molecule has 0 aliphatic heterocycles. The fourth-order valence-corrected chi connectivity index (χ4v) is 4.40. The summed E-state index contributed by atoms with van der Waals surface area (Å²) >= 11 is 0. The Kier molecular flexibility index (Phi) is 6.56. The van der Waals surface area contributed by atoms with E-state index in [1.54, 1.807) is 19.2 Å². The van der Waals surface area contributed by atoms with Gasteiger partial charge in [-0.2, -0.15) is 0 Å². The molecule has 0 aliphatic rings. The maximum absolute atomic E-state index is 13.4. The maximum atomic E-state index is 13.4. The van der Waals surface area contributed by atoms with Gasteiger partial charge in [0.2, 0.25) is 10.0 Å². The predicted molar refractivity (Wildman–Crippen MR) is 133 cm³/mol. The van der Waals surface area contributed by atoms with E-state index in [0.29, 0.717) is 28.9 Å². The summed E-state index contributed by atoms with van der Waals surface area (Å²) in [6.07, 6.45) is 1.07. The Bertz CT molecular complexity index is 1450. The second-order valence-corrected chi connectivity index (χ2v) is 9.78. The van der Waals surface area contributed by atoms with E-state index >= 15 is 0 Å². The number of amides is 1. The van der Waals surface area contributed by atoms with E-state index in [1.165, 1.54) is 0 Å². The van der Waals surface area contributed by atoms with Gasteiger partial charge < -0.3 is 14.6 Å². The zero-order valence-corrected chi connectivity index (χ0v) is 20.0. The molecule has 1 amide bonds. The van der Waals surface area contributed by atoms with Gasteiger partial charge in [0.1, 0.15) is 11.6 Å². The van der Waals surface area contributed by atoms with Gasteiger partial charge in [0.05, 0.1) is 35.6 Å². The summed E-state index contributed by atoms with van der Waals surface area (Å²) in [4.78, 5) is 18.0. The van der Waals surface area contributed by atoms with Crippen LogP contribution in [0.5, 0.6) is 5.75 Å². The van der Waals surface area contributed by atoms with Crippen molar-refractivity contribution >= 4 is 32.7 Å². The molecule has 0 unspecified atom stereocenters. The molecule has 176 valence electrons. The van der Waals surface area contributed by atoms with Gasteiger partial charge in [0.15, 0.2) is 0 Å². The number of aromatic nitrogens is 2. The van der Waals surface area contributed by atoms with Gasteiger partial charge in [-0.05, 0) is 42.3 Å². The molecule has 4 aromatic rings. The van der Waals surface area contributed by atoms with Crippen LogP contribution in [0.15, 0.2) is 66.7 Å². The molecule has 0 saturated heterocycles. The largest absolute Gasteiger partial charge is 0.497 e. The lowest BCUT2D eigenvalue weighted by atomic mass is 10.1. The number of hydrogen-bond acceptors (Lipinski definition) is 5. The first-order valence-electron chi connectivity index (χ1n) is 10.7. The van der Waals surface area contributed by atoms with Crippen LogP contribution >= 0.6 is 0 Å². The first-order valence-corrected chi connectivity index (χ1v) is 12.6. The molecule has 0 fully saturated rings. The highest BCUT2D eigenvalue weighted by molar-refractivity contribution is 7.92. The number of sulfonamides is 1. The monoisotopic (exact) mass is 478 g/mol. The number of carbonyl (C=O) groups is 1. The number of imidazole rings is 1.